The highest BCUT2D eigenvalue weighted by Crippen LogP contribution is 2.21. The fraction of sp³-hybridized carbons (Fsp3) is 0.417. The molecule has 0 saturated heterocycles. The highest BCUT2D eigenvalue weighted by molar-refractivity contribution is 5.32. The van der Waals surface area contributed by atoms with Gasteiger partial charge in [-0.1, -0.05) is 24.3 Å². The maximum atomic E-state index is 9.11. The highest BCUT2D eigenvalue weighted by atomic mass is 16.5. The molecule has 0 N–H and O–H groups in total. The van der Waals surface area contributed by atoms with E-state index in [0.29, 0.717) is 6.61 Å². The largest absolute Gasteiger partial charge is 0.380 e. The van der Waals surface area contributed by atoms with Gasteiger partial charge in [0.15, 0.2) is 0 Å². The highest BCUT2D eigenvalue weighted by Gasteiger charge is 2.15. The molecule has 0 bridgehead atoms. The summed E-state index contributed by atoms with van der Waals surface area (Å²) in [5.74, 6) is 0. The molecule has 0 aromatic heterocycles. The molecule has 1 unspecified atom stereocenters. The SMILES string of the molecule is COCc1ccccc1C(C#N)N(C)C. The van der Waals surface area contributed by atoms with Gasteiger partial charge < -0.3 is 4.74 Å². The van der Waals surface area contributed by atoms with Crippen molar-refractivity contribution in [2.45, 2.75) is 12.6 Å². The van der Waals surface area contributed by atoms with Gasteiger partial charge in [0.2, 0.25) is 0 Å². The lowest BCUT2D eigenvalue weighted by Crippen LogP contribution is -2.19. The lowest BCUT2D eigenvalue weighted by molar-refractivity contribution is 0.183. The van der Waals surface area contributed by atoms with Gasteiger partial charge in [-0.15, -0.1) is 0 Å². The molecule has 3 heteroatoms. The van der Waals surface area contributed by atoms with Crippen LogP contribution in [0.15, 0.2) is 24.3 Å². The standard InChI is InChI=1S/C12H16N2O/c1-14(2)12(8-13)11-7-5-4-6-10(11)9-15-3/h4-7,12H,9H2,1-3H3. The third-order valence-corrected chi connectivity index (χ3v) is 2.29. The minimum atomic E-state index is -0.212. The van der Waals surface area contributed by atoms with Crippen molar-refractivity contribution in [3.63, 3.8) is 0 Å². The average Bonchev–Trinajstić information content (AvgIpc) is 2.21. The summed E-state index contributed by atoms with van der Waals surface area (Å²) in [5.41, 5.74) is 2.09. The number of hydrogen-bond donors (Lipinski definition) is 0. The zero-order chi connectivity index (χ0) is 11.3. The van der Waals surface area contributed by atoms with E-state index in [1.807, 2.05) is 43.3 Å². The first-order valence-electron chi connectivity index (χ1n) is 4.83. The minimum absolute atomic E-state index is 0.212. The van der Waals surface area contributed by atoms with Crippen LogP contribution in [0.1, 0.15) is 17.2 Å². The molecule has 80 valence electrons. The first kappa shape index (κ1) is 11.7. The van der Waals surface area contributed by atoms with Crippen LogP contribution >= 0.6 is 0 Å². The summed E-state index contributed by atoms with van der Waals surface area (Å²) >= 11 is 0. The smallest absolute Gasteiger partial charge is 0.123 e. The maximum absolute atomic E-state index is 9.11. The van der Waals surface area contributed by atoms with Crippen LogP contribution in [0.2, 0.25) is 0 Å². The Labute approximate surface area is 90.9 Å². The third kappa shape index (κ3) is 2.79. The number of methoxy groups -OCH3 is 1. The van der Waals surface area contributed by atoms with Crippen LogP contribution in [0.4, 0.5) is 0 Å². The van der Waals surface area contributed by atoms with Gasteiger partial charge in [-0.25, -0.2) is 0 Å². The Morgan fingerprint density at radius 1 is 1.40 bits per heavy atom. The van der Waals surface area contributed by atoms with Gasteiger partial charge in [-0.3, -0.25) is 4.90 Å². The van der Waals surface area contributed by atoms with Gasteiger partial charge in [0, 0.05) is 7.11 Å². The number of benzene rings is 1. The summed E-state index contributed by atoms with van der Waals surface area (Å²) in [7, 11) is 5.46. The monoisotopic (exact) mass is 204 g/mol. The molecule has 0 aliphatic heterocycles. The number of rotatable bonds is 4. The molecule has 3 nitrogen and oxygen atoms in total. The van der Waals surface area contributed by atoms with E-state index < -0.39 is 0 Å². The quantitative estimate of drug-likeness (QED) is 0.752. The van der Waals surface area contributed by atoms with Crippen molar-refractivity contribution in [3.8, 4) is 6.07 Å². The van der Waals surface area contributed by atoms with Crippen molar-refractivity contribution in [1.29, 1.82) is 5.26 Å². The Hall–Kier alpha value is -1.37. The molecule has 0 heterocycles. The van der Waals surface area contributed by atoms with Crippen molar-refractivity contribution in [2.75, 3.05) is 21.2 Å². The zero-order valence-electron chi connectivity index (χ0n) is 9.40. The topological polar surface area (TPSA) is 36.3 Å². The first-order chi connectivity index (χ1) is 7.20. The van der Waals surface area contributed by atoms with Crippen LogP contribution < -0.4 is 0 Å². The molecule has 0 saturated carbocycles. The fourth-order valence-electron chi connectivity index (χ4n) is 1.55. The Bertz CT molecular complexity index is 355. The lowest BCUT2D eigenvalue weighted by atomic mass is 10.0. The molecule has 0 spiro atoms. The molecule has 0 aliphatic rings. The van der Waals surface area contributed by atoms with Crippen LogP contribution in [0.3, 0.4) is 0 Å². The second-order valence-electron chi connectivity index (χ2n) is 3.63. The van der Waals surface area contributed by atoms with E-state index >= 15 is 0 Å². The predicted molar refractivity (Wildman–Crippen MR) is 59.2 cm³/mol. The molecule has 1 atom stereocenters. The first-order valence-corrected chi connectivity index (χ1v) is 4.83. The van der Waals surface area contributed by atoms with Gasteiger partial charge in [-0.2, -0.15) is 5.26 Å². The van der Waals surface area contributed by atoms with Gasteiger partial charge in [0.25, 0.3) is 0 Å². The second-order valence-corrected chi connectivity index (χ2v) is 3.63. The molecule has 0 aliphatic carbocycles. The number of ether oxygens (including phenoxy) is 1. The summed E-state index contributed by atoms with van der Waals surface area (Å²) < 4.78 is 5.12. The van der Waals surface area contributed by atoms with E-state index in [-0.39, 0.29) is 6.04 Å². The van der Waals surface area contributed by atoms with Crippen molar-refractivity contribution in [2.24, 2.45) is 0 Å². The third-order valence-electron chi connectivity index (χ3n) is 2.29. The zero-order valence-corrected chi connectivity index (χ0v) is 9.40. The van der Waals surface area contributed by atoms with Gasteiger partial charge >= 0.3 is 0 Å². The summed E-state index contributed by atoms with van der Waals surface area (Å²) in [4.78, 5) is 1.90. The van der Waals surface area contributed by atoms with E-state index in [9.17, 15) is 0 Å². The fourth-order valence-corrected chi connectivity index (χ4v) is 1.55. The normalized spacial score (nSPS) is 12.5. The molecule has 0 fully saturated rings. The van der Waals surface area contributed by atoms with E-state index in [1.165, 1.54) is 0 Å². The minimum Gasteiger partial charge on any atom is -0.380 e. The van der Waals surface area contributed by atoms with Crippen molar-refractivity contribution in [3.05, 3.63) is 35.4 Å². The summed E-state index contributed by atoms with van der Waals surface area (Å²) in [6.07, 6.45) is 0. The molecule has 1 rings (SSSR count). The van der Waals surface area contributed by atoms with Crippen LogP contribution in [0.25, 0.3) is 0 Å². The molecular weight excluding hydrogens is 188 g/mol. The Balaban J connectivity index is 3.06. The number of nitriles is 1. The van der Waals surface area contributed by atoms with Gasteiger partial charge in [0.1, 0.15) is 6.04 Å². The number of nitrogens with zero attached hydrogens (tertiary/aromatic N) is 2. The average molecular weight is 204 g/mol. The maximum Gasteiger partial charge on any atom is 0.123 e. The molecule has 0 radical (unpaired) electrons. The van der Waals surface area contributed by atoms with Crippen LogP contribution in [0.5, 0.6) is 0 Å². The molecule has 1 aromatic rings. The lowest BCUT2D eigenvalue weighted by Gasteiger charge is -2.20. The van der Waals surface area contributed by atoms with Crippen LogP contribution in [0, 0.1) is 11.3 Å². The molecular formula is C12H16N2O. The molecule has 0 amide bonds. The Morgan fingerprint density at radius 2 is 2.07 bits per heavy atom. The van der Waals surface area contributed by atoms with E-state index in [1.54, 1.807) is 7.11 Å². The van der Waals surface area contributed by atoms with Gasteiger partial charge in [-0.05, 0) is 25.2 Å². The van der Waals surface area contributed by atoms with E-state index in [2.05, 4.69) is 6.07 Å². The Morgan fingerprint density at radius 3 is 2.60 bits per heavy atom. The summed E-state index contributed by atoms with van der Waals surface area (Å²) in [6, 6.07) is 9.95. The van der Waals surface area contributed by atoms with Crippen molar-refractivity contribution >= 4 is 0 Å². The van der Waals surface area contributed by atoms with Crippen LogP contribution in [-0.4, -0.2) is 26.1 Å². The molecule has 1 aromatic carbocycles. The van der Waals surface area contributed by atoms with Gasteiger partial charge in [0.05, 0.1) is 12.7 Å². The second kappa shape index (κ2) is 5.50. The predicted octanol–water partition coefficient (Wildman–Crippen LogP) is 1.96. The molecule has 15 heavy (non-hydrogen) atoms. The number of hydrogen-bond acceptors (Lipinski definition) is 3. The Kier molecular flexibility index (Phi) is 4.29. The summed E-state index contributed by atoms with van der Waals surface area (Å²) in [5, 5.41) is 9.11. The summed E-state index contributed by atoms with van der Waals surface area (Å²) in [6.45, 7) is 0.544. The van der Waals surface area contributed by atoms with Crippen molar-refractivity contribution < 1.29 is 4.74 Å². The van der Waals surface area contributed by atoms with Crippen LogP contribution in [-0.2, 0) is 11.3 Å². The van der Waals surface area contributed by atoms with Crippen molar-refractivity contribution in [1.82, 2.24) is 4.90 Å². The van der Waals surface area contributed by atoms with E-state index in [4.69, 9.17) is 10.00 Å². The van der Waals surface area contributed by atoms with E-state index in [0.717, 1.165) is 11.1 Å².